The normalized spacial score (nSPS) is 8.30. The van der Waals surface area contributed by atoms with Crippen molar-refractivity contribution >= 4 is 6.29 Å². The Morgan fingerprint density at radius 2 is 2.40 bits per heavy atom. The van der Waals surface area contributed by atoms with Crippen LogP contribution in [-0.4, -0.2) is 11.3 Å². The predicted octanol–water partition coefficient (Wildman–Crippen LogP) is 0.875. The number of carbonyl (C=O) groups excluding carboxylic acids is 1. The summed E-state index contributed by atoms with van der Waals surface area (Å²) in [7, 11) is 0. The molecule has 0 atom stereocenters. The van der Waals surface area contributed by atoms with Gasteiger partial charge in [0.25, 0.3) is 0 Å². The van der Waals surface area contributed by atoms with Gasteiger partial charge in [-0.05, 0) is 6.07 Å². The molecule has 2 heteroatoms. The maximum atomic E-state index is 10.2. The smallest absolute Gasteiger partial charge is 0.151 e. The van der Waals surface area contributed by atoms with E-state index in [9.17, 15) is 4.79 Å². The molecular formula is C8H5NO. The Morgan fingerprint density at radius 3 is 3.00 bits per heavy atom. The van der Waals surface area contributed by atoms with Crippen molar-refractivity contribution in [3.05, 3.63) is 29.6 Å². The predicted molar refractivity (Wildman–Crippen MR) is 37.6 cm³/mol. The second-order valence-corrected chi connectivity index (χ2v) is 1.77. The molecule has 0 amide bonds. The van der Waals surface area contributed by atoms with Gasteiger partial charge in [-0.3, -0.25) is 9.78 Å². The zero-order chi connectivity index (χ0) is 7.40. The molecule has 0 N–H and O–H groups in total. The van der Waals surface area contributed by atoms with E-state index >= 15 is 0 Å². The molecule has 1 aromatic rings. The summed E-state index contributed by atoms with van der Waals surface area (Å²) in [6, 6.07) is 1.61. The molecule has 0 spiro atoms. The average molecular weight is 131 g/mol. The van der Waals surface area contributed by atoms with Crippen LogP contribution in [0.3, 0.4) is 0 Å². The van der Waals surface area contributed by atoms with Crippen molar-refractivity contribution < 1.29 is 4.79 Å². The first-order valence-electron chi connectivity index (χ1n) is 2.73. The van der Waals surface area contributed by atoms with E-state index in [1.165, 1.54) is 12.4 Å². The minimum Gasteiger partial charge on any atom is -0.298 e. The van der Waals surface area contributed by atoms with Crippen LogP contribution < -0.4 is 0 Å². The van der Waals surface area contributed by atoms with Crippen molar-refractivity contribution in [2.75, 3.05) is 0 Å². The summed E-state index contributed by atoms with van der Waals surface area (Å²) < 4.78 is 0. The number of nitrogens with zero attached hydrogens (tertiary/aromatic N) is 1. The van der Waals surface area contributed by atoms with Gasteiger partial charge in [0.1, 0.15) is 0 Å². The summed E-state index contributed by atoms with van der Waals surface area (Å²) in [6.45, 7) is 0. The molecule has 1 heterocycles. The van der Waals surface area contributed by atoms with Crippen LogP contribution in [0.15, 0.2) is 18.5 Å². The van der Waals surface area contributed by atoms with Gasteiger partial charge in [0.2, 0.25) is 0 Å². The van der Waals surface area contributed by atoms with E-state index in [1.54, 1.807) is 6.07 Å². The number of aldehydes is 1. The van der Waals surface area contributed by atoms with E-state index in [1.807, 2.05) is 0 Å². The number of hydrogen-bond donors (Lipinski definition) is 0. The highest BCUT2D eigenvalue weighted by Gasteiger charge is 1.89. The Hall–Kier alpha value is -1.62. The van der Waals surface area contributed by atoms with Gasteiger partial charge in [-0.1, -0.05) is 5.92 Å². The minimum absolute atomic E-state index is 0.510. The fraction of sp³-hybridized carbons (Fsp3) is 0. The molecule has 2 nitrogen and oxygen atoms in total. The van der Waals surface area contributed by atoms with Gasteiger partial charge in [0.05, 0.1) is 0 Å². The van der Waals surface area contributed by atoms with E-state index in [4.69, 9.17) is 6.42 Å². The molecule has 0 bridgehead atoms. The van der Waals surface area contributed by atoms with Crippen molar-refractivity contribution in [2.45, 2.75) is 0 Å². The van der Waals surface area contributed by atoms with Crippen LogP contribution in [0.25, 0.3) is 0 Å². The molecule has 0 aliphatic rings. The quantitative estimate of drug-likeness (QED) is 0.418. The second kappa shape index (κ2) is 2.79. The van der Waals surface area contributed by atoms with Crippen molar-refractivity contribution in [2.24, 2.45) is 0 Å². The lowest BCUT2D eigenvalue weighted by molar-refractivity contribution is 0.112. The lowest BCUT2D eigenvalue weighted by Gasteiger charge is -1.88. The Kier molecular flexibility index (Phi) is 1.81. The minimum atomic E-state index is 0.510. The molecule has 0 fully saturated rings. The summed E-state index contributed by atoms with van der Waals surface area (Å²) >= 11 is 0. The number of hydrogen-bond acceptors (Lipinski definition) is 2. The van der Waals surface area contributed by atoms with Gasteiger partial charge in [-0.15, -0.1) is 6.42 Å². The third kappa shape index (κ3) is 1.20. The van der Waals surface area contributed by atoms with Gasteiger partial charge >= 0.3 is 0 Å². The molecule has 0 aromatic carbocycles. The molecule has 0 saturated carbocycles. The standard InChI is InChI=1S/C8H5NO/c1-2-7-3-8(6-10)5-9-4-7/h1,3-6H. The van der Waals surface area contributed by atoms with Crippen LogP contribution in [0.1, 0.15) is 15.9 Å². The fourth-order valence-electron chi connectivity index (χ4n) is 0.601. The Morgan fingerprint density at radius 1 is 1.60 bits per heavy atom. The summed E-state index contributed by atoms with van der Waals surface area (Å²) in [5.41, 5.74) is 1.14. The van der Waals surface area contributed by atoms with Crippen LogP contribution in [-0.2, 0) is 0 Å². The molecule has 0 saturated heterocycles. The Balaban J connectivity index is 3.13. The highest BCUT2D eigenvalue weighted by Crippen LogP contribution is 1.96. The molecule has 1 aromatic heterocycles. The zero-order valence-electron chi connectivity index (χ0n) is 5.24. The van der Waals surface area contributed by atoms with Crippen molar-refractivity contribution in [3.8, 4) is 12.3 Å². The number of terminal acetylenes is 1. The van der Waals surface area contributed by atoms with Crippen LogP contribution in [0.5, 0.6) is 0 Å². The molecule has 0 aliphatic heterocycles. The maximum Gasteiger partial charge on any atom is 0.151 e. The second-order valence-electron chi connectivity index (χ2n) is 1.77. The maximum absolute atomic E-state index is 10.2. The average Bonchev–Trinajstić information content (AvgIpc) is 2.05. The Labute approximate surface area is 58.9 Å². The number of carbonyl (C=O) groups is 1. The third-order valence-corrected chi connectivity index (χ3v) is 1.06. The summed E-state index contributed by atoms with van der Waals surface area (Å²) in [5.74, 6) is 2.38. The fourth-order valence-corrected chi connectivity index (χ4v) is 0.601. The van der Waals surface area contributed by atoms with Gasteiger partial charge < -0.3 is 0 Å². The molecule has 0 radical (unpaired) electrons. The van der Waals surface area contributed by atoms with E-state index < -0.39 is 0 Å². The molecule has 10 heavy (non-hydrogen) atoms. The topological polar surface area (TPSA) is 30.0 Å². The highest BCUT2D eigenvalue weighted by molar-refractivity contribution is 5.74. The van der Waals surface area contributed by atoms with E-state index in [-0.39, 0.29) is 0 Å². The van der Waals surface area contributed by atoms with E-state index in [2.05, 4.69) is 10.9 Å². The first-order valence-corrected chi connectivity index (χ1v) is 2.73. The van der Waals surface area contributed by atoms with Crippen LogP contribution >= 0.6 is 0 Å². The third-order valence-electron chi connectivity index (χ3n) is 1.06. The molecule has 0 unspecified atom stereocenters. The highest BCUT2D eigenvalue weighted by atomic mass is 16.1. The first kappa shape index (κ1) is 6.50. The summed E-state index contributed by atoms with van der Waals surface area (Å²) in [4.78, 5) is 13.9. The lowest BCUT2D eigenvalue weighted by atomic mass is 10.2. The summed E-state index contributed by atoms with van der Waals surface area (Å²) in [5, 5.41) is 0. The summed E-state index contributed by atoms with van der Waals surface area (Å²) in [6.07, 6.45) is 8.78. The van der Waals surface area contributed by atoms with Crippen LogP contribution in [0.4, 0.5) is 0 Å². The molecule has 1 rings (SSSR count). The largest absolute Gasteiger partial charge is 0.298 e. The lowest BCUT2D eigenvalue weighted by Crippen LogP contribution is -1.83. The van der Waals surface area contributed by atoms with Gasteiger partial charge in [-0.25, -0.2) is 0 Å². The van der Waals surface area contributed by atoms with Crippen LogP contribution in [0.2, 0.25) is 0 Å². The monoisotopic (exact) mass is 131 g/mol. The molecule has 0 aliphatic carbocycles. The van der Waals surface area contributed by atoms with Gasteiger partial charge in [0.15, 0.2) is 6.29 Å². The number of pyridine rings is 1. The SMILES string of the molecule is C#Cc1cncc(C=O)c1. The first-order chi connectivity index (χ1) is 4.86. The van der Waals surface area contributed by atoms with Crippen molar-refractivity contribution in [1.82, 2.24) is 4.98 Å². The van der Waals surface area contributed by atoms with E-state index in [0.29, 0.717) is 17.4 Å². The van der Waals surface area contributed by atoms with Gasteiger partial charge in [-0.2, -0.15) is 0 Å². The van der Waals surface area contributed by atoms with Crippen LogP contribution in [0, 0.1) is 12.3 Å². The molecule has 48 valence electrons. The van der Waals surface area contributed by atoms with Crippen molar-refractivity contribution in [1.29, 1.82) is 0 Å². The number of aromatic nitrogens is 1. The zero-order valence-corrected chi connectivity index (χ0v) is 5.24. The van der Waals surface area contributed by atoms with Crippen molar-refractivity contribution in [3.63, 3.8) is 0 Å². The molecular weight excluding hydrogens is 126 g/mol. The number of rotatable bonds is 1. The van der Waals surface area contributed by atoms with E-state index in [0.717, 1.165) is 0 Å². The Bertz CT molecular complexity index is 286. The van der Waals surface area contributed by atoms with Gasteiger partial charge in [0, 0.05) is 23.5 Å².